The van der Waals surface area contributed by atoms with Gasteiger partial charge in [-0.1, -0.05) is 79.7 Å². The number of nitrogens with one attached hydrogen (secondary N) is 1. The van der Waals surface area contributed by atoms with Gasteiger partial charge >= 0.3 is 0 Å². The third kappa shape index (κ3) is 6.67. The number of likely N-dealkylation sites (N-methyl/N-ethyl adjacent to an activating group) is 1. The smallest absolute Gasteiger partial charge is 0.238 e. The van der Waals surface area contributed by atoms with Crippen LogP contribution < -0.4 is 10.1 Å². The van der Waals surface area contributed by atoms with Crippen molar-refractivity contribution in [3.05, 3.63) is 96.1 Å². The molecule has 0 fully saturated rings. The third-order valence-corrected chi connectivity index (χ3v) is 5.09. The predicted octanol–water partition coefficient (Wildman–Crippen LogP) is 4.76. The average molecular weight is 419 g/mol. The molecule has 3 rings (SSSR count). The Morgan fingerprint density at radius 3 is 2.06 bits per heavy atom. The summed E-state index contributed by atoms with van der Waals surface area (Å²) in [4.78, 5) is 14.6. The molecule has 3 aromatic rings. The Hall–Kier alpha value is -3.15. The largest absolute Gasteiger partial charge is 0.495 e. The Kier molecular flexibility index (Phi) is 8.64. The minimum Gasteiger partial charge on any atom is -0.495 e. The minimum absolute atomic E-state index is 0.0750. The lowest BCUT2D eigenvalue weighted by Crippen LogP contribution is -2.35. The van der Waals surface area contributed by atoms with E-state index >= 15 is 0 Å². The average Bonchev–Trinajstić information content (AvgIpc) is 2.82. The zero-order chi connectivity index (χ0) is 21.9. The maximum atomic E-state index is 12.5. The van der Waals surface area contributed by atoms with Crippen LogP contribution in [-0.4, -0.2) is 44.2 Å². The van der Waals surface area contributed by atoms with Crippen LogP contribution >= 0.6 is 0 Å². The van der Waals surface area contributed by atoms with Crippen LogP contribution in [0.15, 0.2) is 84.9 Å². The van der Waals surface area contributed by atoms with Crippen LogP contribution in [0.1, 0.15) is 24.2 Å². The second-order valence-corrected chi connectivity index (χ2v) is 7.19. The molecule has 0 heterocycles. The zero-order valence-electron chi connectivity index (χ0n) is 18.2. The van der Waals surface area contributed by atoms with E-state index in [2.05, 4.69) is 34.5 Å². The molecule has 0 aliphatic heterocycles. The molecule has 0 saturated carbocycles. The first-order valence-corrected chi connectivity index (χ1v) is 10.6. The molecule has 5 heteroatoms. The van der Waals surface area contributed by atoms with E-state index in [1.807, 2.05) is 67.6 Å². The van der Waals surface area contributed by atoms with E-state index in [0.717, 1.165) is 17.7 Å². The monoisotopic (exact) mass is 418 g/mol. The van der Waals surface area contributed by atoms with Gasteiger partial charge in [-0.25, -0.2) is 0 Å². The van der Waals surface area contributed by atoms with Gasteiger partial charge in [-0.3, -0.25) is 9.69 Å². The van der Waals surface area contributed by atoms with Gasteiger partial charge in [-0.2, -0.15) is 0 Å². The predicted molar refractivity (Wildman–Crippen MR) is 124 cm³/mol. The van der Waals surface area contributed by atoms with E-state index in [0.29, 0.717) is 31.1 Å². The zero-order valence-corrected chi connectivity index (χ0v) is 18.2. The molecular weight excluding hydrogens is 388 g/mol. The number of carbonyl (C=O) groups excluding carboxylic acids is 1. The van der Waals surface area contributed by atoms with Gasteiger partial charge in [0.2, 0.25) is 5.91 Å². The molecule has 0 radical (unpaired) electrons. The molecule has 0 atom stereocenters. The van der Waals surface area contributed by atoms with Crippen LogP contribution in [0.3, 0.4) is 0 Å². The third-order valence-electron chi connectivity index (χ3n) is 5.09. The number of para-hydroxylation sites is 2. The molecule has 1 N–H and O–H groups in total. The summed E-state index contributed by atoms with van der Waals surface area (Å²) in [5, 5.41) is 2.93. The van der Waals surface area contributed by atoms with Crippen molar-refractivity contribution in [2.45, 2.75) is 13.0 Å². The van der Waals surface area contributed by atoms with E-state index in [4.69, 9.17) is 9.47 Å². The van der Waals surface area contributed by atoms with E-state index in [1.54, 1.807) is 7.11 Å². The summed E-state index contributed by atoms with van der Waals surface area (Å²) < 4.78 is 11.6. The van der Waals surface area contributed by atoms with Crippen molar-refractivity contribution in [3.63, 3.8) is 0 Å². The first-order chi connectivity index (χ1) is 15.2. The number of rotatable bonds is 11. The molecule has 0 unspecified atom stereocenters. The van der Waals surface area contributed by atoms with Crippen molar-refractivity contribution in [1.29, 1.82) is 0 Å². The van der Waals surface area contributed by atoms with E-state index < -0.39 is 0 Å². The van der Waals surface area contributed by atoms with Crippen molar-refractivity contribution < 1.29 is 14.3 Å². The fraction of sp³-hybridized carbons (Fsp3) is 0.269. The molecule has 1 amide bonds. The first kappa shape index (κ1) is 22.5. The minimum atomic E-state index is -0.136. The summed E-state index contributed by atoms with van der Waals surface area (Å²) >= 11 is 0. The lowest BCUT2D eigenvalue weighted by atomic mass is 10.0. The Morgan fingerprint density at radius 2 is 1.48 bits per heavy atom. The van der Waals surface area contributed by atoms with Gasteiger partial charge in [0.25, 0.3) is 0 Å². The quantitative estimate of drug-likeness (QED) is 0.488. The highest BCUT2D eigenvalue weighted by Gasteiger charge is 2.16. The summed E-state index contributed by atoms with van der Waals surface area (Å²) in [5.41, 5.74) is 2.91. The lowest BCUT2D eigenvalue weighted by molar-refractivity contribution is -0.117. The SMILES string of the molecule is CCN(CCOC(c1ccccc1)c1ccccc1)CC(=O)Nc1ccccc1OC. The highest BCUT2D eigenvalue weighted by Crippen LogP contribution is 2.26. The standard InChI is InChI=1S/C26H30N2O3/c1-3-28(20-25(29)27-23-16-10-11-17-24(23)30-2)18-19-31-26(21-12-6-4-7-13-21)22-14-8-5-9-15-22/h4-17,26H,3,18-20H2,1-2H3,(H,27,29). The summed E-state index contributed by atoms with van der Waals surface area (Å²) in [6.07, 6.45) is -0.136. The van der Waals surface area contributed by atoms with Crippen molar-refractivity contribution in [3.8, 4) is 5.75 Å². The number of ether oxygens (including phenoxy) is 2. The van der Waals surface area contributed by atoms with Crippen LogP contribution in [0, 0.1) is 0 Å². The van der Waals surface area contributed by atoms with E-state index in [-0.39, 0.29) is 12.0 Å². The summed E-state index contributed by atoms with van der Waals surface area (Å²) in [5.74, 6) is 0.574. The highest BCUT2D eigenvalue weighted by molar-refractivity contribution is 5.93. The second kappa shape index (κ2) is 11.9. The molecule has 0 aromatic heterocycles. The number of nitrogens with zero attached hydrogens (tertiary/aromatic N) is 1. The molecule has 0 bridgehead atoms. The van der Waals surface area contributed by atoms with Crippen molar-refractivity contribution >= 4 is 11.6 Å². The van der Waals surface area contributed by atoms with Crippen molar-refractivity contribution in [2.24, 2.45) is 0 Å². The number of anilines is 1. The number of hydrogen-bond acceptors (Lipinski definition) is 4. The summed E-state index contributed by atoms with van der Waals surface area (Å²) in [6.45, 7) is 4.27. The number of hydrogen-bond donors (Lipinski definition) is 1. The van der Waals surface area contributed by atoms with Gasteiger partial charge in [0, 0.05) is 6.54 Å². The Labute approximate surface area is 184 Å². The Morgan fingerprint density at radius 1 is 0.903 bits per heavy atom. The lowest BCUT2D eigenvalue weighted by Gasteiger charge is -2.23. The molecule has 0 spiro atoms. The normalized spacial score (nSPS) is 11.0. The fourth-order valence-electron chi connectivity index (χ4n) is 3.43. The van der Waals surface area contributed by atoms with Crippen LogP contribution in [0.2, 0.25) is 0 Å². The Bertz CT molecular complexity index is 892. The molecule has 3 aromatic carbocycles. The van der Waals surface area contributed by atoms with Crippen molar-refractivity contribution in [2.75, 3.05) is 38.7 Å². The number of methoxy groups -OCH3 is 1. The summed E-state index contributed by atoms with van der Waals surface area (Å²) in [7, 11) is 1.59. The molecule has 162 valence electrons. The molecule has 31 heavy (non-hydrogen) atoms. The van der Waals surface area contributed by atoms with Gasteiger partial charge < -0.3 is 14.8 Å². The van der Waals surface area contributed by atoms with E-state index in [1.165, 1.54) is 0 Å². The van der Waals surface area contributed by atoms with E-state index in [9.17, 15) is 4.79 Å². The number of carbonyl (C=O) groups is 1. The van der Waals surface area contributed by atoms with Gasteiger partial charge in [-0.05, 0) is 29.8 Å². The van der Waals surface area contributed by atoms with Crippen LogP contribution in [-0.2, 0) is 9.53 Å². The molecule has 0 aliphatic rings. The molecule has 0 saturated heterocycles. The second-order valence-electron chi connectivity index (χ2n) is 7.19. The van der Waals surface area contributed by atoms with Crippen LogP contribution in [0.5, 0.6) is 5.75 Å². The number of amides is 1. The summed E-state index contributed by atoms with van der Waals surface area (Å²) in [6, 6.07) is 27.8. The van der Waals surface area contributed by atoms with Gasteiger partial charge in [0.1, 0.15) is 11.9 Å². The van der Waals surface area contributed by atoms with Gasteiger partial charge in [0.15, 0.2) is 0 Å². The maximum absolute atomic E-state index is 12.5. The Balaban J connectivity index is 1.57. The topological polar surface area (TPSA) is 50.8 Å². The highest BCUT2D eigenvalue weighted by atomic mass is 16.5. The number of benzene rings is 3. The van der Waals surface area contributed by atoms with Gasteiger partial charge in [-0.15, -0.1) is 0 Å². The molecular formula is C26H30N2O3. The van der Waals surface area contributed by atoms with Gasteiger partial charge in [0.05, 0.1) is 25.9 Å². The fourth-order valence-corrected chi connectivity index (χ4v) is 3.43. The molecule has 5 nitrogen and oxygen atoms in total. The van der Waals surface area contributed by atoms with Crippen molar-refractivity contribution in [1.82, 2.24) is 4.90 Å². The molecule has 0 aliphatic carbocycles. The maximum Gasteiger partial charge on any atom is 0.238 e. The van der Waals surface area contributed by atoms with Crippen LogP contribution in [0.4, 0.5) is 5.69 Å². The van der Waals surface area contributed by atoms with Crippen LogP contribution in [0.25, 0.3) is 0 Å². The first-order valence-electron chi connectivity index (χ1n) is 10.6.